The van der Waals surface area contributed by atoms with Crippen molar-refractivity contribution in [2.75, 3.05) is 0 Å². The lowest BCUT2D eigenvalue weighted by molar-refractivity contribution is 0.627. The summed E-state index contributed by atoms with van der Waals surface area (Å²) in [6.07, 6.45) is 2.57. The summed E-state index contributed by atoms with van der Waals surface area (Å²) < 4.78 is 14.7. The monoisotopic (exact) mass is 227 g/mol. The molecule has 0 radical (unpaired) electrons. The Morgan fingerprint density at radius 2 is 1.82 bits per heavy atom. The summed E-state index contributed by atoms with van der Waals surface area (Å²) in [5.74, 6) is 0.632. The Kier molecular flexibility index (Phi) is 2.33. The number of hydrogen-bond acceptors (Lipinski definition) is 2. The lowest BCUT2D eigenvalue weighted by Crippen LogP contribution is -1.96. The molecule has 0 aliphatic carbocycles. The molecule has 0 saturated carbocycles. The molecule has 0 atom stereocenters. The van der Waals surface area contributed by atoms with Crippen molar-refractivity contribution in [1.29, 1.82) is 0 Å². The van der Waals surface area contributed by atoms with Crippen LogP contribution in [0.1, 0.15) is 11.4 Å². The van der Waals surface area contributed by atoms with Gasteiger partial charge in [0, 0.05) is 12.6 Å². The molecule has 0 fully saturated rings. The molecular weight excluding hydrogens is 217 g/mol. The number of rotatable bonds is 2. The molecule has 17 heavy (non-hydrogen) atoms. The fourth-order valence-corrected chi connectivity index (χ4v) is 1.80. The Hall–Kier alpha value is -2.23. The van der Waals surface area contributed by atoms with Gasteiger partial charge in [0.1, 0.15) is 11.6 Å². The SMILES string of the molecule is Fc1ccc(Cc2nnc3ccccn23)cc1. The molecule has 2 heterocycles. The van der Waals surface area contributed by atoms with Gasteiger partial charge >= 0.3 is 0 Å². The van der Waals surface area contributed by atoms with Crippen molar-refractivity contribution in [2.24, 2.45) is 0 Å². The van der Waals surface area contributed by atoms with Crippen molar-refractivity contribution >= 4 is 5.65 Å². The molecule has 1 aromatic carbocycles. The molecule has 2 aromatic heterocycles. The minimum absolute atomic E-state index is 0.222. The van der Waals surface area contributed by atoms with Crippen LogP contribution in [0.2, 0.25) is 0 Å². The molecule has 3 aromatic rings. The smallest absolute Gasteiger partial charge is 0.160 e. The third-order valence-corrected chi connectivity index (χ3v) is 2.66. The van der Waals surface area contributed by atoms with Gasteiger partial charge in [0.2, 0.25) is 0 Å². The molecular formula is C13H10FN3. The third kappa shape index (κ3) is 1.89. The van der Waals surface area contributed by atoms with Gasteiger partial charge in [-0.3, -0.25) is 4.40 Å². The van der Waals surface area contributed by atoms with Crippen molar-refractivity contribution in [1.82, 2.24) is 14.6 Å². The quantitative estimate of drug-likeness (QED) is 0.673. The van der Waals surface area contributed by atoms with Gasteiger partial charge in [0.15, 0.2) is 5.65 Å². The Bertz CT molecular complexity index is 643. The molecule has 3 nitrogen and oxygen atoms in total. The molecule has 0 N–H and O–H groups in total. The van der Waals surface area contributed by atoms with E-state index in [-0.39, 0.29) is 5.82 Å². The third-order valence-electron chi connectivity index (χ3n) is 2.66. The van der Waals surface area contributed by atoms with Gasteiger partial charge in [-0.15, -0.1) is 10.2 Å². The zero-order valence-electron chi connectivity index (χ0n) is 9.05. The molecule has 3 rings (SSSR count). The van der Waals surface area contributed by atoms with Gasteiger partial charge in [-0.05, 0) is 29.8 Å². The first-order valence-corrected chi connectivity index (χ1v) is 5.36. The second kappa shape index (κ2) is 3.97. The standard InChI is InChI=1S/C13H10FN3/c14-11-6-4-10(5-7-11)9-13-16-15-12-3-1-2-8-17(12)13/h1-8H,9H2. The minimum atomic E-state index is -0.222. The number of halogens is 1. The summed E-state index contributed by atoms with van der Waals surface area (Å²) in [7, 11) is 0. The molecule has 0 aliphatic heterocycles. The van der Waals surface area contributed by atoms with Crippen LogP contribution in [0.4, 0.5) is 4.39 Å². The zero-order valence-corrected chi connectivity index (χ0v) is 9.05. The highest BCUT2D eigenvalue weighted by atomic mass is 19.1. The maximum atomic E-state index is 12.8. The second-order valence-corrected chi connectivity index (χ2v) is 3.85. The van der Waals surface area contributed by atoms with E-state index >= 15 is 0 Å². The summed E-state index contributed by atoms with van der Waals surface area (Å²) in [5, 5.41) is 8.20. The molecule has 0 amide bonds. The van der Waals surface area contributed by atoms with Gasteiger partial charge in [0.25, 0.3) is 0 Å². The first-order valence-electron chi connectivity index (χ1n) is 5.36. The first kappa shape index (κ1) is 9.96. The molecule has 0 saturated heterocycles. The van der Waals surface area contributed by atoms with Crippen molar-refractivity contribution in [3.63, 3.8) is 0 Å². The maximum absolute atomic E-state index is 12.8. The van der Waals surface area contributed by atoms with Gasteiger partial charge in [-0.25, -0.2) is 4.39 Å². The maximum Gasteiger partial charge on any atom is 0.160 e. The van der Waals surface area contributed by atoms with Crippen LogP contribution in [-0.2, 0) is 6.42 Å². The number of nitrogens with zero attached hydrogens (tertiary/aromatic N) is 3. The Balaban J connectivity index is 1.97. The molecule has 0 spiro atoms. The van der Waals surface area contributed by atoms with Crippen LogP contribution in [0.25, 0.3) is 5.65 Å². The van der Waals surface area contributed by atoms with E-state index in [0.717, 1.165) is 17.0 Å². The fraction of sp³-hybridized carbons (Fsp3) is 0.0769. The average molecular weight is 227 g/mol. The number of hydrogen-bond donors (Lipinski definition) is 0. The summed E-state index contributed by atoms with van der Waals surface area (Å²) >= 11 is 0. The van der Waals surface area contributed by atoms with Crippen molar-refractivity contribution in [2.45, 2.75) is 6.42 Å². The van der Waals surface area contributed by atoms with Crippen LogP contribution in [-0.4, -0.2) is 14.6 Å². The van der Waals surface area contributed by atoms with E-state index < -0.39 is 0 Å². The molecule has 4 heteroatoms. The lowest BCUT2D eigenvalue weighted by atomic mass is 10.1. The number of benzene rings is 1. The predicted octanol–water partition coefficient (Wildman–Crippen LogP) is 2.46. The van der Waals surface area contributed by atoms with E-state index in [2.05, 4.69) is 10.2 Å². The highest BCUT2D eigenvalue weighted by molar-refractivity contribution is 5.37. The van der Waals surface area contributed by atoms with Gasteiger partial charge in [0.05, 0.1) is 0 Å². The van der Waals surface area contributed by atoms with Crippen molar-refractivity contribution in [3.05, 3.63) is 65.9 Å². The van der Waals surface area contributed by atoms with Crippen molar-refractivity contribution in [3.8, 4) is 0 Å². The molecule has 0 bridgehead atoms. The summed E-state index contributed by atoms with van der Waals surface area (Å²) in [4.78, 5) is 0. The van der Waals surface area contributed by atoms with Gasteiger partial charge in [-0.1, -0.05) is 18.2 Å². The Morgan fingerprint density at radius 1 is 1.00 bits per heavy atom. The van der Waals surface area contributed by atoms with Crippen LogP contribution < -0.4 is 0 Å². The number of aromatic nitrogens is 3. The van der Waals surface area contributed by atoms with E-state index in [1.165, 1.54) is 12.1 Å². The summed E-state index contributed by atoms with van der Waals surface area (Å²) in [6, 6.07) is 12.2. The first-order chi connectivity index (χ1) is 8.33. The van der Waals surface area contributed by atoms with Gasteiger partial charge < -0.3 is 0 Å². The number of pyridine rings is 1. The van der Waals surface area contributed by atoms with E-state index in [1.807, 2.05) is 28.8 Å². The predicted molar refractivity (Wildman–Crippen MR) is 62.2 cm³/mol. The van der Waals surface area contributed by atoms with Crippen LogP contribution >= 0.6 is 0 Å². The lowest BCUT2D eigenvalue weighted by Gasteiger charge is -2.00. The van der Waals surface area contributed by atoms with Gasteiger partial charge in [-0.2, -0.15) is 0 Å². The average Bonchev–Trinajstić information content (AvgIpc) is 2.76. The van der Waals surface area contributed by atoms with Crippen LogP contribution in [0.5, 0.6) is 0 Å². The summed E-state index contributed by atoms with van der Waals surface area (Å²) in [5.41, 5.74) is 1.84. The molecule has 0 unspecified atom stereocenters. The Labute approximate surface area is 97.5 Å². The van der Waals surface area contributed by atoms with Crippen molar-refractivity contribution < 1.29 is 4.39 Å². The highest BCUT2D eigenvalue weighted by Crippen LogP contribution is 2.10. The van der Waals surface area contributed by atoms with E-state index in [0.29, 0.717) is 6.42 Å². The van der Waals surface area contributed by atoms with E-state index in [4.69, 9.17) is 0 Å². The van der Waals surface area contributed by atoms with Crippen LogP contribution in [0.3, 0.4) is 0 Å². The molecule has 84 valence electrons. The number of fused-ring (bicyclic) bond motifs is 1. The van der Waals surface area contributed by atoms with Crippen LogP contribution in [0, 0.1) is 5.82 Å². The normalized spacial score (nSPS) is 10.9. The Morgan fingerprint density at radius 3 is 2.65 bits per heavy atom. The highest BCUT2D eigenvalue weighted by Gasteiger charge is 2.05. The minimum Gasteiger partial charge on any atom is -0.286 e. The van der Waals surface area contributed by atoms with E-state index in [1.54, 1.807) is 12.1 Å². The topological polar surface area (TPSA) is 30.2 Å². The second-order valence-electron chi connectivity index (χ2n) is 3.85. The molecule has 0 aliphatic rings. The largest absolute Gasteiger partial charge is 0.286 e. The van der Waals surface area contributed by atoms with E-state index in [9.17, 15) is 4.39 Å². The fourth-order valence-electron chi connectivity index (χ4n) is 1.80. The zero-order chi connectivity index (χ0) is 11.7. The summed E-state index contributed by atoms with van der Waals surface area (Å²) in [6.45, 7) is 0. The van der Waals surface area contributed by atoms with Crippen LogP contribution in [0.15, 0.2) is 48.7 Å².